The Kier molecular flexibility index (Phi) is 10.4. The van der Waals surface area contributed by atoms with Crippen molar-refractivity contribution in [3.8, 4) is 11.5 Å². The summed E-state index contributed by atoms with van der Waals surface area (Å²) in [5.41, 5.74) is 1.70. The van der Waals surface area contributed by atoms with Gasteiger partial charge >= 0.3 is 0 Å². The maximum atomic E-state index is 13.0. The van der Waals surface area contributed by atoms with Gasteiger partial charge in [-0.1, -0.05) is 29.8 Å². The molecule has 0 heterocycles. The van der Waals surface area contributed by atoms with Gasteiger partial charge in [0.25, 0.3) is 0 Å². The molecule has 2 aromatic carbocycles. The topological polar surface area (TPSA) is 105 Å². The van der Waals surface area contributed by atoms with Crippen LogP contribution in [0.25, 0.3) is 0 Å². The van der Waals surface area contributed by atoms with Gasteiger partial charge in [-0.2, -0.15) is 4.31 Å². The lowest BCUT2D eigenvalue weighted by Crippen LogP contribution is -2.50. The minimum atomic E-state index is -3.56. The Morgan fingerprint density at radius 3 is 2.20 bits per heavy atom. The van der Waals surface area contributed by atoms with Crippen LogP contribution in [0.2, 0.25) is 5.02 Å². The molecule has 0 aromatic heterocycles. The van der Waals surface area contributed by atoms with Crippen molar-refractivity contribution in [2.75, 3.05) is 40.6 Å². The van der Waals surface area contributed by atoms with Crippen LogP contribution in [-0.4, -0.2) is 76.1 Å². The minimum Gasteiger partial charge on any atom is -0.493 e. The fourth-order valence-corrected chi connectivity index (χ4v) is 3.75. The van der Waals surface area contributed by atoms with Gasteiger partial charge in [0.1, 0.15) is 6.04 Å². The van der Waals surface area contributed by atoms with Gasteiger partial charge in [-0.05, 0) is 48.7 Å². The van der Waals surface area contributed by atoms with E-state index in [9.17, 15) is 18.0 Å². The van der Waals surface area contributed by atoms with Crippen molar-refractivity contribution in [1.29, 1.82) is 0 Å². The van der Waals surface area contributed by atoms with E-state index in [0.29, 0.717) is 29.5 Å². The van der Waals surface area contributed by atoms with Crippen molar-refractivity contribution in [2.45, 2.75) is 25.9 Å². The lowest BCUT2D eigenvalue weighted by molar-refractivity contribution is -0.140. The molecule has 192 valence electrons. The Morgan fingerprint density at radius 2 is 1.63 bits per heavy atom. The highest BCUT2D eigenvalue weighted by atomic mass is 35.5. The zero-order valence-electron chi connectivity index (χ0n) is 20.6. The first-order chi connectivity index (χ1) is 16.5. The second-order valence-electron chi connectivity index (χ2n) is 8.07. The first-order valence-electron chi connectivity index (χ1n) is 10.9. The van der Waals surface area contributed by atoms with E-state index in [-0.39, 0.29) is 19.0 Å². The molecular weight excluding hydrogens is 494 g/mol. The Balaban J connectivity index is 2.10. The summed E-state index contributed by atoms with van der Waals surface area (Å²) in [6, 6.07) is 11.6. The van der Waals surface area contributed by atoms with Gasteiger partial charge in [0, 0.05) is 25.2 Å². The van der Waals surface area contributed by atoms with Crippen molar-refractivity contribution in [3.63, 3.8) is 0 Å². The quantitative estimate of drug-likeness (QED) is 0.456. The number of benzene rings is 2. The van der Waals surface area contributed by atoms with Gasteiger partial charge in [0.05, 0.1) is 27.0 Å². The fourth-order valence-electron chi connectivity index (χ4n) is 3.28. The largest absolute Gasteiger partial charge is 0.493 e. The van der Waals surface area contributed by atoms with Gasteiger partial charge in [0.15, 0.2) is 11.5 Å². The number of nitrogens with one attached hydrogen (secondary N) is 1. The third kappa shape index (κ3) is 8.41. The number of hydrogen-bond acceptors (Lipinski definition) is 6. The van der Waals surface area contributed by atoms with Crippen LogP contribution in [0.1, 0.15) is 18.1 Å². The molecule has 9 nitrogen and oxygen atoms in total. The molecule has 0 saturated carbocycles. The Hall–Kier alpha value is -2.82. The third-order valence-electron chi connectivity index (χ3n) is 5.52. The molecule has 1 atom stereocenters. The van der Waals surface area contributed by atoms with E-state index in [0.717, 1.165) is 21.7 Å². The minimum absolute atomic E-state index is 0.123. The van der Waals surface area contributed by atoms with Crippen molar-refractivity contribution < 1.29 is 27.5 Å². The number of ether oxygens (including phenoxy) is 2. The van der Waals surface area contributed by atoms with E-state index >= 15 is 0 Å². The highest BCUT2D eigenvalue weighted by Crippen LogP contribution is 2.27. The van der Waals surface area contributed by atoms with E-state index in [1.54, 1.807) is 51.5 Å². The second-order valence-corrected chi connectivity index (χ2v) is 10.6. The summed E-state index contributed by atoms with van der Waals surface area (Å²) in [5, 5.41) is 3.40. The molecule has 0 aliphatic carbocycles. The van der Waals surface area contributed by atoms with Gasteiger partial charge in [-0.3, -0.25) is 9.59 Å². The summed E-state index contributed by atoms with van der Waals surface area (Å²) >= 11 is 5.95. The predicted octanol–water partition coefficient (Wildman–Crippen LogP) is 2.32. The van der Waals surface area contributed by atoms with Crippen LogP contribution >= 0.6 is 11.6 Å². The number of sulfonamides is 1. The van der Waals surface area contributed by atoms with Crippen LogP contribution in [0, 0.1) is 0 Å². The summed E-state index contributed by atoms with van der Waals surface area (Å²) in [5.74, 6) is 0.369. The Morgan fingerprint density at radius 1 is 1.03 bits per heavy atom. The monoisotopic (exact) mass is 525 g/mol. The molecule has 0 saturated heterocycles. The molecule has 1 N–H and O–H groups in total. The molecule has 35 heavy (non-hydrogen) atoms. The normalized spacial score (nSPS) is 12.2. The highest BCUT2D eigenvalue weighted by Gasteiger charge is 2.28. The molecule has 0 unspecified atom stereocenters. The van der Waals surface area contributed by atoms with Crippen molar-refractivity contribution in [2.24, 2.45) is 0 Å². The molecular formula is C24H32ClN3O6S. The van der Waals surface area contributed by atoms with Gasteiger partial charge in [-0.15, -0.1) is 0 Å². The highest BCUT2D eigenvalue weighted by molar-refractivity contribution is 7.88. The molecule has 2 amide bonds. The number of methoxy groups -OCH3 is 2. The summed E-state index contributed by atoms with van der Waals surface area (Å²) < 4.78 is 35.1. The molecule has 0 spiro atoms. The molecule has 0 bridgehead atoms. The predicted molar refractivity (Wildman–Crippen MR) is 135 cm³/mol. The summed E-state index contributed by atoms with van der Waals surface area (Å²) in [4.78, 5) is 27.3. The molecule has 0 radical (unpaired) electrons. The summed E-state index contributed by atoms with van der Waals surface area (Å²) in [7, 11) is 0.872. The number of rotatable bonds is 12. The lowest BCUT2D eigenvalue weighted by Gasteiger charge is -2.30. The third-order valence-corrected chi connectivity index (χ3v) is 7.03. The number of nitrogens with zero attached hydrogens (tertiary/aromatic N) is 2. The van der Waals surface area contributed by atoms with E-state index in [4.69, 9.17) is 21.1 Å². The average molecular weight is 526 g/mol. The maximum Gasteiger partial charge on any atom is 0.242 e. The van der Waals surface area contributed by atoms with E-state index in [1.165, 1.54) is 11.9 Å². The van der Waals surface area contributed by atoms with Gasteiger partial charge < -0.3 is 19.7 Å². The molecule has 0 aliphatic rings. The first kappa shape index (κ1) is 28.4. The van der Waals surface area contributed by atoms with E-state index in [2.05, 4.69) is 5.32 Å². The van der Waals surface area contributed by atoms with Crippen molar-refractivity contribution in [1.82, 2.24) is 14.5 Å². The number of hydrogen-bond donors (Lipinski definition) is 1. The zero-order valence-corrected chi connectivity index (χ0v) is 22.1. The SMILES string of the molecule is COc1ccc(CCNC(=O)[C@H](C)N(Cc2ccc(Cl)cc2)C(=O)CN(C)S(C)(=O)=O)cc1OC. The summed E-state index contributed by atoms with van der Waals surface area (Å²) in [6.07, 6.45) is 1.56. The van der Waals surface area contributed by atoms with Crippen LogP contribution in [0.3, 0.4) is 0 Å². The maximum absolute atomic E-state index is 13.0. The molecule has 0 fully saturated rings. The molecule has 2 aromatic rings. The molecule has 11 heteroatoms. The second kappa shape index (κ2) is 12.8. The van der Waals surface area contributed by atoms with Crippen molar-refractivity contribution >= 4 is 33.4 Å². The van der Waals surface area contributed by atoms with Crippen LogP contribution in [0.5, 0.6) is 11.5 Å². The standard InChI is InChI=1S/C24H32ClN3O6S/c1-17(24(30)26-13-12-18-8-11-21(33-3)22(14-18)34-4)28(15-19-6-9-20(25)10-7-19)23(29)16-27(2)35(5,31)32/h6-11,14,17H,12-13,15-16H2,1-5H3,(H,26,30)/t17-/m0/s1. The van der Waals surface area contributed by atoms with Crippen LogP contribution in [-0.2, 0) is 32.6 Å². The van der Waals surface area contributed by atoms with Crippen LogP contribution in [0.4, 0.5) is 0 Å². The lowest BCUT2D eigenvalue weighted by atomic mass is 10.1. The van der Waals surface area contributed by atoms with E-state index in [1.807, 2.05) is 12.1 Å². The van der Waals surface area contributed by atoms with Crippen molar-refractivity contribution in [3.05, 3.63) is 58.6 Å². The fraction of sp³-hybridized carbons (Fsp3) is 0.417. The number of amides is 2. The number of carbonyl (C=O) groups is 2. The van der Waals surface area contributed by atoms with Crippen LogP contribution in [0.15, 0.2) is 42.5 Å². The first-order valence-corrected chi connectivity index (χ1v) is 13.1. The Labute approximate surface area is 212 Å². The van der Waals surface area contributed by atoms with Crippen LogP contribution < -0.4 is 14.8 Å². The Bertz CT molecular complexity index is 1120. The summed E-state index contributed by atoms with van der Waals surface area (Å²) in [6.45, 7) is 1.69. The molecule has 2 rings (SSSR count). The number of carbonyl (C=O) groups excluding carboxylic acids is 2. The van der Waals surface area contributed by atoms with E-state index < -0.39 is 22.0 Å². The molecule has 0 aliphatic heterocycles. The van der Waals surface area contributed by atoms with Gasteiger partial charge in [-0.25, -0.2) is 8.42 Å². The zero-order chi connectivity index (χ0) is 26.2. The smallest absolute Gasteiger partial charge is 0.242 e. The number of halogens is 1. The number of likely N-dealkylation sites (N-methyl/N-ethyl adjacent to an activating group) is 1. The van der Waals surface area contributed by atoms with Gasteiger partial charge in [0.2, 0.25) is 21.8 Å². The average Bonchev–Trinajstić information content (AvgIpc) is 2.82.